The van der Waals surface area contributed by atoms with Crippen molar-refractivity contribution in [2.24, 2.45) is 5.92 Å². The van der Waals surface area contributed by atoms with Crippen LogP contribution in [0.3, 0.4) is 0 Å². The molecule has 1 aromatic rings. The van der Waals surface area contributed by atoms with Gasteiger partial charge in [-0.05, 0) is 37.0 Å². The number of aliphatic hydroxyl groups is 1. The van der Waals surface area contributed by atoms with Gasteiger partial charge in [0.05, 0.1) is 13.0 Å². The van der Waals surface area contributed by atoms with Crippen molar-refractivity contribution < 1.29 is 19.7 Å². The van der Waals surface area contributed by atoms with E-state index in [1.165, 1.54) is 0 Å². The molecule has 0 spiro atoms. The number of carbonyl (C=O) groups is 1. The van der Waals surface area contributed by atoms with Crippen molar-refractivity contribution in [1.82, 2.24) is 0 Å². The molecule has 0 fully saturated rings. The molecule has 0 saturated carbocycles. The summed E-state index contributed by atoms with van der Waals surface area (Å²) in [6.45, 7) is 0.0297. The quantitative estimate of drug-likeness (QED) is 0.759. The topological polar surface area (TPSA) is 66.8 Å². The molecule has 0 aliphatic carbocycles. The summed E-state index contributed by atoms with van der Waals surface area (Å²) in [4.78, 5) is 11.1. The lowest BCUT2D eigenvalue weighted by atomic mass is 9.95. The highest BCUT2D eigenvalue weighted by Crippen LogP contribution is 2.18. The van der Waals surface area contributed by atoms with E-state index in [1.807, 2.05) is 24.3 Å². The highest BCUT2D eigenvalue weighted by atomic mass is 16.5. The maximum atomic E-state index is 11.1. The van der Waals surface area contributed by atoms with Crippen LogP contribution in [-0.2, 0) is 11.2 Å². The molecule has 1 aromatic carbocycles. The third kappa shape index (κ3) is 4.44. The fourth-order valence-electron chi connectivity index (χ4n) is 1.73. The van der Waals surface area contributed by atoms with Crippen LogP contribution >= 0.6 is 0 Å². The van der Waals surface area contributed by atoms with E-state index in [-0.39, 0.29) is 6.61 Å². The van der Waals surface area contributed by atoms with Gasteiger partial charge in [0.15, 0.2) is 0 Å². The zero-order valence-corrected chi connectivity index (χ0v) is 9.93. The second-order valence-corrected chi connectivity index (χ2v) is 3.96. The normalized spacial score (nSPS) is 12.1. The van der Waals surface area contributed by atoms with Gasteiger partial charge in [0.2, 0.25) is 0 Å². The molecule has 1 atom stereocenters. The Morgan fingerprint density at radius 3 is 2.82 bits per heavy atom. The summed E-state index contributed by atoms with van der Waals surface area (Å²) < 4.78 is 5.09. The van der Waals surface area contributed by atoms with Crippen molar-refractivity contribution in [3.63, 3.8) is 0 Å². The molecule has 1 unspecified atom stereocenters. The Kier molecular flexibility index (Phi) is 5.49. The summed E-state index contributed by atoms with van der Waals surface area (Å²) in [5.41, 5.74) is 0.940. The van der Waals surface area contributed by atoms with E-state index in [2.05, 4.69) is 0 Å². The van der Waals surface area contributed by atoms with Crippen molar-refractivity contribution in [2.75, 3.05) is 13.7 Å². The Labute approximate surface area is 101 Å². The predicted molar refractivity (Wildman–Crippen MR) is 64.1 cm³/mol. The van der Waals surface area contributed by atoms with Crippen molar-refractivity contribution in [2.45, 2.75) is 19.3 Å². The molecule has 0 aromatic heterocycles. The third-order valence-corrected chi connectivity index (χ3v) is 2.68. The van der Waals surface area contributed by atoms with Crippen LogP contribution in [0.5, 0.6) is 5.75 Å². The number of hydrogen-bond acceptors (Lipinski definition) is 3. The third-order valence-electron chi connectivity index (χ3n) is 2.68. The smallest absolute Gasteiger partial charge is 0.306 e. The van der Waals surface area contributed by atoms with Crippen molar-refractivity contribution in [3.05, 3.63) is 29.8 Å². The number of ether oxygens (including phenoxy) is 1. The van der Waals surface area contributed by atoms with Crippen LogP contribution in [0.15, 0.2) is 24.3 Å². The molecule has 0 radical (unpaired) electrons. The van der Waals surface area contributed by atoms with Gasteiger partial charge < -0.3 is 14.9 Å². The summed E-state index contributed by atoms with van der Waals surface area (Å²) in [6.07, 6.45) is 1.47. The Bertz CT molecular complexity index is 362. The summed E-state index contributed by atoms with van der Waals surface area (Å²) in [5.74, 6) is -0.538. The van der Waals surface area contributed by atoms with Crippen LogP contribution in [0.1, 0.15) is 18.4 Å². The molecule has 0 heterocycles. The van der Waals surface area contributed by atoms with Gasteiger partial charge >= 0.3 is 5.97 Å². The zero-order valence-electron chi connectivity index (χ0n) is 9.93. The second kappa shape index (κ2) is 6.91. The van der Waals surface area contributed by atoms with Gasteiger partial charge in [0.1, 0.15) is 5.75 Å². The number of aliphatic hydroxyl groups excluding tert-OH is 1. The number of rotatable bonds is 7. The maximum Gasteiger partial charge on any atom is 0.306 e. The largest absolute Gasteiger partial charge is 0.497 e. The minimum atomic E-state index is -0.818. The number of benzene rings is 1. The van der Waals surface area contributed by atoms with E-state index in [0.717, 1.165) is 11.3 Å². The number of methoxy groups -OCH3 is 1. The van der Waals surface area contributed by atoms with E-state index >= 15 is 0 Å². The molecular weight excluding hydrogens is 220 g/mol. The molecular formula is C13H18O4. The highest BCUT2D eigenvalue weighted by molar-refractivity contribution is 5.70. The van der Waals surface area contributed by atoms with Gasteiger partial charge in [-0.15, -0.1) is 0 Å². The van der Waals surface area contributed by atoms with Crippen LogP contribution in [0.4, 0.5) is 0 Å². The Morgan fingerprint density at radius 1 is 1.47 bits per heavy atom. The minimum Gasteiger partial charge on any atom is -0.497 e. The van der Waals surface area contributed by atoms with Gasteiger partial charge in [-0.25, -0.2) is 0 Å². The molecule has 0 amide bonds. The molecule has 1 rings (SSSR count). The van der Waals surface area contributed by atoms with E-state index in [9.17, 15) is 4.79 Å². The number of carboxylic acids is 1. The monoisotopic (exact) mass is 238 g/mol. The van der Waals surface area contributed by atoms with Crippen molar-refractivity contribution in [1.29, 1.82) is 0 Å². The van der Waals surface area contributed by atoms with E-state index < -0.39 is 11.9 Å². The lowest BCUT2D eigenvalue weighted by Gasteiger charge is -2.12. The molecule has 17 heavy (non-hydrogen) atoms. The summed E-state index contributed by atoms with van der Waals surface area (Å²) in [5, 5.41) is 17.8. The first-order chi connectivity index (χ1) is 8.17. The van der Waals surface area contributed by atoms with Crippen LogP contribution in [0.25, 0.3) is 0 Å². The molecule has 4 nitrogen and oxygen atoms in total. The zero-order chi connectivity index (χ0) is 12.7. The first kappa shape index (κ1) is 13.5. The summed E-state index contributed by atoms with van der Waals surface area (Å²) >= 11 is 0. The first-order valence-electron chi connectivity index (χ1n) is 5.64. The number of aliphatic carboxylic acids is 1. The molecule has 0 aliphatic heterocycles. The highest BCUT2D eigenvalue weighted by Gasteiger charge is 2.17. The number of carboxylic acid groups (broad SMARTS) is 1. The molecule has 4 heteroatoms. The second-order valence-electron chi connectivity index (χ2n) is 3.96. The standard InChI is InChI=1S/C13H18O4/c1-17-12-6-2-4-10(9-12)8-11(13(15)16)5-3-7-14/h2,4,6,9,11,14H,3,5,7-8H2,1H3,(H,15,16). The number of hydrogen-bond donors (Lipinski definition) is 2. The fourth-order valence-corrected chi connectivity index (χ4v) is 1.73. The predicted octanol–water partition coefficient (Wildman–Crippen LogP) is 1.71. The average Bonchev–Trinajstić information content (AvgIpc) is 2.34. The average molecular weight is 238 g/mol. The van der Waals surface area contributed by atoms with Gasteiger partial charge in [0.25, 0.3) is 0 Å². The van der Waals surface area contributed by atoms with Crippen LogP contribution in [0.2, 0.25) is 0 Å². The molecule has 0 aliphatic rings. The molecule has 0 saturated heterocycles. The molecule has 2 N–H and O–H groups in total. The van der Waals surface area contributed by atoms with Gasteiger partial charge in [-0.1, -0.05) is 12.1 Å². The lowest BCUT2D eigenvalue weighted by Crippen LogP contribution is -2.17. The maximum absolute atomic E-state index is 11.1. The van der Waals surface area contributed by atoms with Crippen LogP contribution in [-0.4, -0.2) is 29.9 Å². The minimum absolute atomic E-state index is 0.0297. The van der Waals surface area contributed by atoms with E-state index in [4.69, 9.17) is 14.9 Å². The van der Waals surface area contributed by atoms with Gasteiger partial charge in [-0.2, -0.15) is 0 Å². The lowest BCUT2D eigenvalue weighted by molar-refractivity contribution is -0.142. The van der Waals surface area contributed by atoms with Crippen LogP contribution in [0, 0.1) is 5.92 Å². The van der Waals surface area contributed by atoms with Gasteiger partial charge in [-0.3, -0.25) is 4.79 Å². The van der Waals surface area contributed by atoms with E-state index in [1.54, 1.807) is 7.11 Å². The fraction of sp³-hybridized carbons (Fsp3) is 0.462. The van der Waals surface area contributed by atoms with E-state index in [0.29, 0.717) is 19.3 Å². The Hall–Kier alpha value is -1.55. The Balaban J connectivity index is 2.67. The van der Waals surface area contributed by atoms with Crippen molar-refractivity contribution in [3.8, 4) is 5.75 Å². The van der Waals surface area contributed by atoms with Gasteiger partial charge in [0, 0.05) is 6.61 Å². The molecule has 94 valence electrons. The first-order valence-corrected chi connectivity index (χ1v) is 5.64. The molecule has 0 bridgehead atoms. The Morgan fingerprint density at radius 2 is 2.24 bits per heavy atom. The summed E-state index contributed by atoms with van der Waals surface area (Å²) in [7, 11) is 1.58. The van der Waals surface area contributed by atoms with Crippen molar-refractivity contribution >= 4 is 5.97 Å². The SMILES string of the molecule is COc1cccc(CC(CCCO)C(=O)O)c1. The summed E-state index contributed by atoms with van der Waals surface area (Å²) in [6, 6.07) is 7.40. The van der Waals surface area contributed by atoms with Crippen LogP contribution < -0.4 is 4.74 Å².